The van der Waals surface area contributed by atoms with Crippen LogP contribution in [-0.4, -0.2) is 21.3 Å². The van der Waals surface area contributed by atoms with Crippen molar-refractivity contribution in [1.29, 1.82) is 0 Å². The second kappa shape index (κ2) is 7.06. The van der Waals surface area contributed by atoms with E-state index in [2.05, 4.69) is 65.9 Å². The minimum Gasteiger partial charge on any atom is -0.363 e. The maximum atomic E-state index is 13.9. The van der Waals surface area contributed by atoms with Crippen molar-refractivity contribution in [2.75, 3.05) is 0 Å². The summed E-state index contributed by atoms with van der Waals surface area (Å²) in [6, 6.07) is 11.9. The third-order valence-corrected chi connectivity index (χ3v) is 6.07. The molecule has 0 spiro atoms. The normalized spacial score (nSPS) is 22.4. The van der Waals surface area contributed by atoms with E-state index in [0.29, 0.717) is 5.56 Å². The van der Waals surface area contributed by atoms with Crippen LogP contribution in [0.25, 0.3) is 6.08 Å². The highest BCUT2D eigenvalue weighted by Crippen LogP contribution is 2.40. The van der Waals surface area contributed by atoms with Gasteiger partial charge in [0.05, 0.1) is 24.1 Å². The molecule has 3 nitrogen and oxygen atoms in total. The number of fused-ring (bicyclic) bond motifs is 3. The lowest BCUT2D eigenvalue weighted by molar-refractivity contribution is -0.0336. The van der Waals surface area contributed by atoms with E-state index >= 15 is 0 Å². The fourth-order valence-electron chi connectivity index (χ4n) is 4.55. The second-order valence-corrected chi connectivity index (χ2v) is 8.74. The van der Waals surface area contributed by atoms with Crippen LogP contribution >= 0.6 is 0 Å². The lowest BCUT2D eigenvalue weighted by atomic mass is 9.80. The molecule has 0 bridgehead atoms. The Morgan fingerprint density at radius 1 is 1.10 bits per heavy atom. The predicted octanol–water partition coefficient (Wildman–Crippen LogP) is 5.81. The molecule has 0 N–H and O–H groups in total. The zero-order valence-electron chi connectivity index (χ0n) is 17.4. The van der Waals surface area contributed by atoms with Gasteiger partial charge in [-0.1, -0.05) is 48.6 Å². The largest absolute Gasteiger partial charge is 0.363 e. The van der Waals surface area contributed by atoms with E-state index in [-0.39, 0.29) is 29.5 Å². The number of nitrogens with zero attached hydrogens (tertiary/aromatic N) is 2. The summed E-state index contributed by atoms with van der Waals surface area (Å²) in [5.41, 5.74) is 5.05. The number of aromatic nitrogens is 2. The fraction of sp³-hybridized carbons (Fsp3) is 0.269. The molecular weight excluding hydrogens is 375 g/mol. The number of benzene rings is 2. The van der Waals surface area contributed by atoms with Crippen LogP contribution in [0.5, 0.6) is 0 Å². The predicted molar refractivity (Wildman–Crippen MR) is 117 cm³/mol. The number of rotatable bonds is 3. The highest BCUT2D eigenvalue weighted by molar-refractivity contribution is 5.62. The standard InChI is InChI=1S/C26H25FN2O/c1-17-14-19(5-8-23(17)27)25(29-13-12-28-16-29)20-4-7-21-18(15-20)6-9-24-22(21)10-11-26(2,3)30-24/h4-16,22,24-25H,1-3H3. The molecule has 1 aliphatic carbocycles. The van der Waals surface area contributed by atoms with Gasteiger partial charge in [-0.25, -0.2) is 9.37 Å². The topological polar surface area (TPSA) is 27.1 Å². The van der Waals surface area contributed by atoms with E-state index in [1.165, 1.54) is 11.1 Å². The van der Waals surface area contributed by atoms with Gasteiger partial charge >= 0.3 is 0 Å². The Hall–Kier alpha value is -2.98. The summed E-state index contributed by atoms with van der Waals surface area (Å²) in [6.07, 6.45) is 14.4. The monoisotopic (exact) mass is 400 g/mol. The van der Waals surface area contributed by atoms with Crippen LogP contribution in [0, 0.1) is 12.7 Å². The van der Waals surface area contributed by atoms with Gasteiger partial charge in [0, 0.05) is 18.3 Å². The molecule has 0 saturated heterocycles. The molecule has 4 heteroatoms. The van der Waals surface area contributed by atoms with Crippen LogP contribution in [0.2, 0.25) is 0 Å². The smallest absolute Gasteiger partial charge is 0.126 e. The highest BCUT2D eigenvalue weighted by atomic mass is 19.1. The molecule has 2 heterocycles. The van der Waals surface area contributed by atoms with Gasteiger partial charge in [-0.15, -0.1) is 0 Å². The Labute approximate surface area is 176 Å². The maximum Gasteiger partial charge on any atom is 0.126 e. The summed E-state index contributed by atoms with van der Waals surface area (Å²) in [5, 5.41) is 0. The van der Waals surface area contributed by atoms with Crippen molar-refractivity contribution in [3.63, 3.8) is 0 Å². The van der Waals surface area contributed by atoms with E-state index in [9.17, 15) is 4.39 Å². The molecule has 0 fully saturated rings. The number of hydrogen-bond acceptors (Lipinski definition) is 2. The van der Waals surface area contributed by atoms with E-state index in [0.717, 1.165) is 11.1 Å². The van der Waals surface area contributed by atoms with Crippen molar-refractivity contribution >= 4 is 6.08 Å². The Morgan fingerprint density at radius 3 is 2.67 bits per heavy atom. The molecule has 2 aromatic carbocycles. The summed E-state index contributed by atoms with van der Waals surface area (Å²) in [5.74, 6) is 0.0430. The van der Waals surface area contributed by atoms with E-state index in [1.54, 1.807) is 19.2 Å². The van der Waals surface area contributed by atoms with E-state index in [1.807, 2.05) is 24.7 Å². The Kier molecular flexibility index (Phi) is 4.48. The van der Waals surface area contributed by atoms with Gasteiger partial charge in [0.25, 0.3) is 0 Å². The Balaban J connectivity index is 1.58. The molecule has 152 valence electrons. The highest BCUT2D eigenvalue weighted by Gasteiger charge is 2.33. The van der Waals surface area contributed by atoms with Crippen LogP contribution < -0.4 is 0 Å². The molecule has 3 unspecified atom stereocenters. The molecule has 3 aromatic rings. The molecule has 5 rings (SSSR count). The molecule has 2 aliphatic rings. The van der Waals surface area contributed by atoms with Crippen molar-refractivity contribution in [3.8, 4) is 0 Å². The molecule has 30 heavy (non-hydrogen) atoms. The minimum atomic E-state index is -0.240. The first-order valence-electron chi connectivity index (χ1n) is 10.3. The van der Waals surface area contributed by atoms with Gasteiger partial charge in [-0.2, -0.15) is 0 Å². The van der Waals surface area contributed by atoms with Crippen LogP contribution in [-0.2, 0) is 4.74 Å². The lowest BCUT2D eigenvalue weighted by Gasteiger charge is -2.38. The molecular formula is C26H25FN2O. The number of ether oxygens (including phenoxy) is 1. The van der Waals surface area contributed by atoms with Gasteiger partial charge in [0.15, 0.2) is 0 Å². The van der Waals surface area contributed by atoms with Crippen molar-refractivity contribution in [1.82, 2.24) is 9.55 Å². The zero-order chi connectivity index (χ0) is 20.9. The number of halogens is 1. The zero-order valence-corrected chi connectivity index (χ0v) is 17.4. The summed E-state index contributed by atoms with van der Waals surface area (Å²) < 4.78 is 22.2. The molecule has 0 saturated carbocycles. The Bertz CT molecular complexity index is 1140. The van der Waals surface area contributed by atoms with E-state index < -0.39 is 0 Å². The third kappa shape index (κ3) is 3.31. The first-order valence-corrected chi connectivity index (χ1v) is 10.3. The first kappa shape index (κ1) is 19.0. The number of aryl methyl sites for hydroxylation is 1. The van der Waals surface area contributed by atoms with Crippen molar-refractivity contribution in [2.45, 2.75) is 44.4 Å². The van der Waals surface area contributed by atoms with Gasteiger partial charge in [0.1, 0.15) is 5.82 Å². The summed E-state index contributed by atoms with van der Waals surface area (Å²) >= 11 is 0. The third-order valence-electron chi connectivity index (χ3n) is 6.07. The van der Waals surface area contributed by atoms with Crippen LogP contribution in [0.15, 0.2) is 73.3 Å². The molecule has 1 aromatic heterocycles. The van der Waals surface area contributed by atoms with E-state index in [4.69, 9.17) is 4.74 Å². The number of hydrogen-bond donors (Lipinski definition) is 0. The van der Waals surface area contributed by atoms with Crippen LogP contribution in [0.4, 0.5) is 4.39 Å². The quantitative estimate of drug-likeness (QED) is 0.519. The average molecular weight is 400 g/mol. The van der Waals surface area contributed by atoms with Gasteiger partial charge < -0.3 is 9.30 Å². The van der Waals surface area contributed by atoms with Crippen molar-refractivity contribution in [2.24, 2.45) is 0 Å². The summed E-state index contributed by atoms with van der Waals surface area (Å²) in [6.45, 7) is 5.98. The van der Waals surface area contributed by atoms with Gasteiger partial charge in [-0.3, -0.25) is 0 Å². The summed E-state index contributed by atoms with van der Waals surface area (Å²) in [4.78, 5) is 4.24. The first-order chi connectivity index (χ1) is 14.4. The molecule has 3 atom stereocenters. The second-order valence-electron chi connectivity index (χ2n) is 8.74. The maximum absolute atomic E-state index is 13.9. The average Bonchev–Trinajstić information content (AvgIpc) is 3.24. The van der Waals surface area contributed by atoms with Crippen molar-refractivity contribution in [3.05, 3.63) is 107 Å². The molecule has 1 aliphatic heterocycles. The number of imidazole rings is 1. The van der Waals surface area contributed by atoms with Crippen LogP contribution in [0.3, 0.4) is 0 Å². The SMILES string of the molecule is Cc1cc(C(c2ccc3c(c2)C=CC2OC(C)(C)C=CC32)n2ccnc2)ccc1F. The molecule has 0 radical (unpaired) electrons. The Morgan fingerprint density at radius 2 is 1.90 bits per heavy atom. The fourth-order valence-corrected chi connectivity index (χ4v) is 4.55. The van der Waals surface area contributed by atoms with Crippen molar-refractivity contribution < 1.29 is 9.13 Å². The minimum absolute atomic E-state index is 0.0625. The van der Waals surface area contributed by atoms with Gasteiger partial charge in [-0.05, 0) is 60.7 Å². The summed E-state index contributed by atoms with van der Waals surface area (Å²) in [7, 11) is 0. The lowest BCUT2D eigenvalue weighted by Crippen LogP contribution is -2.36. The van der Waals surface area contributed by atoms with Gasteiger partial charge in [0.2, 0.25) is 0 Å². The molecule has 0 amide bonds. The van der Waals surface area contributed by atoms with Crippen LogP contribution in [0.1, 0.15) is 53.6 Å².